The van der Waals surface area contributed by atoms with Crippen LogP contribution in [0.3, 0.4) is 0 Å². The summed E-state index contributed by atoms with van der Waals surface area (Å²) in [6, 6.07) is -0.324. The molecule has 14 nitrogen and oxygen atoms in total. The summed E-state index contributed by atoms with van der Waals surface area (Å²) in [6.07, 6.45) is -9.71. The van der Waals surface area contributed by atoms with Gasteiger partial charge in [-0.05, 0) is 74.9 Å². The van der Waals surface area contributed by atoms with E-state index in [4.69, 9.17) is 28.4 Å². The van der Waals surface area contributed by atoms with Gasteiger partial charge in [0, 0.05) is 37.3 Å². The summed E-state index contributed by atoms with van der Waals surface area (Å²) in [4.78, 5) is 29.8. The van der Waals surface area contributed by atoms with Gasteiger partial charge in [0.15, 0.2) is 12.6 Å². The Hall–Kier alpha value is -0.300. The first kappa shape index (κ1) is 47.9. The maximum atomic E-state index is 14.1. The molecule has 3 aliphatic heterocycles. The van der Waals surface area contributed by atoms with Crippen molar-refractivity contribution in [2.75, 3.05) is 21.2 Å². The summed E-state index contributed by atoms with van der Waals surface area (Å²) in [5.41, 5.74) is -4.84. The molecule has 52 heavy (non-hydrogen) atoms. The maximum Gasteiger partial charge on any atom is 1.00 e. The normalized spacial score (nSPS) is 48.8. The summed E-state index contributed by atoms with van der Waals surface area (Å²) < 4.78 is 37.1. The van der Waals surface area contributed by atoms with E-state index in [0.717, 1.165) is 0 Å². The minimum Gasteiger partial charge on any atom is -1.00 e. The maximum absolute atomic E-state index is 14.1. The number of cyclic esters (lactones) is 1. The van der Waals surface area contributed by atoms with Crippen LogP contribution in [-0.2, 0) is 38.0 Å². The fraction of sp³-hybridized carbons (Fsp3) is 0.946. The average Bonchev–Trinajstić information content (AvgIpc) is 3.05. The number of likely N-dealkylation sites (N-methyl/N-ethyl adjacent to an activating group) is 1. The molecule has 0 aromatic heterocycles. The van der Waals surface area contributed by atoms with Gasteiger partial charge in [-0.3, -0.25) is 9.59 Å². The molecule has 0 radical (unpaired) electrons. The Kier molecular flexibility index (Phi) is 17.3. The third-order valence-electron chi connectivity index (χ3n) is 11.8. The third kappa shape index (κ3) is 10.4. The number of Topliss-reactive ketones (excluding diaryl/α,β-unsaturated/α-hetero) is 1. The fourth-order valence-electron chi connectivity index (χ4n) is 8.41. The number of ketones is 1. The van der Waals surface area contributed by atoms with Crippen LogP contribution in [0.2, 0.25) is 0 Å². The van der Waals surface area contributed by atoms with E-state index in [9.17, 15) is 35.1 Å². The predicted octanol–water partition coefficient (Wildman–Crippen LogP) is -1.10. The molecule has 0 aromatic rings. The molecule has 15 heteroatoms. The first-order valence-electron chi connectivity index (χ1n) is 18.5. The van der Waals surface area contributed by atoms with Gasteiger partial charge in [0.2, 0.25) is 0 Å². The van der Waals surface area contributed by atoms with Crippen molar-refractivity contribution in [3.05, 3.63) is 0 Å². The third-order valence-corrected chi connectivity index (χ3v) is 11.8. The molecule has 18 atom stereocenters. The summed E-state index contributed by atoms with van der Waals surface area (Å²) >= 11 is 0. The van der Waals surface area contributed by atoms with Crippen molar-refractivity contribution in [2.45, 2.75) is 179 Å². The molecule has 3 rings (SSSR count). The summed E-state index contributed by atoms with van der Waals surface area (Å²) in [7, 11) is 5.18. The Bertz CT molecular complexity index is 1180. The molecule has 3 aliphatic rings. The van der Waals surface area contributed by atoms with Crippen molar-refractivity contribution in [2.24, 2.45) is 23.7 Å². The predicted molar refractivity (Wildman–Crippen MR) is 187 cm³/mol. The number of nitrogens with zero attached hydrogens (tertiary/aromatic N) is 1. The summed E-state index contributed by atoms with van der Waals surface area (Å²) in [5.74, 6) is -4.98. The molecule has 0 saturated carbocycles. The molecule has 3 saturated heterocycles. The largest absolute Gasteiger partial charge is 1.00 e. The van der Waals surface area contributed by atoms with E-state index >= 15 is 0 Å². The van der Waals surface area contributed by atoms with E-state index in [1.54, 1.807) is 41.5 Å². The molecule has 0 amide bonds. The van der Waals surface area contributed by atoms with Crippen LogP contribution in [0.5, 0.6) is 0 Å². The Labute approximate surface area is 333 Å². The van der Waals surface area contributed by atoms with Gasteiger partial charge in [0.1, 0.15) is 29.7 Å². The number of ether oxygens (including phenoxy) is 6. The van der Waals surface area contributed by atoms with Crippen molar-refractivity contribution in [1.29, 1.82) is 0 Å². The van der Waals surface area contributed by atoms with Crippen LogP contribution in [0.4, 0.5) is 0 Å². The average molecular weight is 758 g/mol. The zero-order valence-electron chi connectivity index (χ0n) is 34.9. The van der Waals surface area contributed by atoms with Crippen LogP contribution >= 0.6 is 0 Å². The Morgan fingerprint density at radius 1 is 0.904 bits per heavy atom. The molecular formula is C37H68NNaO13. The van der Waals surface area contributed by atoms with Gasteiger partial charge in [-0.25, -0.2) is 0 Å². The zero-order chi connectivity index (χ0) is 39.0. The first-order chi connectivity index (χ1) is 23.4. The van der Waals surface area contributed by atoms with Crippen LogP contribution in [0.25, 0.3) is 0 Å². The molecule has 0 spiro atoms. The zero-order valence-corrected chi connectivity index (χ0v) is 35.9. The topological polar surface area (TPSA) is 194 Å². The Balaban J connectivity index is 0.00000702. The van der Waals surface area contributed by atoms with Gasteiger partial charge >= 0.3 is 35.5 Å². The molecule has 5 N–H and O–H groups in total. The number of carbonyl (C=O) groups excluding carboxylic acids is 2. The van der Waals surface area contributed by atoms with E-state index in [1.165, 1.54) is 27.9 Å². The van der Waals surface area contributed by atoms with Crippen molar-refractivity contribution in [1.82, 2.24) is 4.90 Å². The molecule has 3 fully saturated rings. The Morgan fingerprint density at radius 2 is 1.50 bits per heavy atom. The number of esters is 1. The van der Waals surface area contributed by atoms with E-state index in [-0.39, 0.29) is 62.4 Å². The minimum absolute atomic E-state index is 0. The molecule has 0 aromatic carbocycles. The van der Waals surface area contributed by atoms with E-state index in [1.807, 2.05) is 25.9 Å². The van der Waals surface area contributed by atoms with E-state index in [0.29, 0.717) is 6.42 Å². The van der Waals surface area contributed by atoms with E-state index < -0.39 is 108 Å². The second-order valence-corrected chi connectivity index (χ2v) is 16.5. The summed E-state index contributed by atoms with van der Waals surface area (Å²) in [5, 5.41) is 57.6. The molecule has 0 unspecified atom stereocenters. The molecule has 3 heterocycles. The molecule has 300 valence electrons. The Morgan fingerprint density at radius 3 is 2.04 bits per heavy atom. The van der Waals surface area contributed by atoms with Crippen molar-refractivity contribution in [3.63, 3.8) is 0 Å². The van der Waals surface area contributed by atoms with Crippen LogP contribution < -0.4 is 29.6 Å². The SMILES string of the molecule is CC[C@H]1OC(=O)[C@H](C)[C@@H](O[C@H]2C[C@@](C)(OC)[C@@H](O)[C@H](C)O2)[C@H](C)[C@@H](O[C@@H]2O[C@H](C)C[C@H](N(C)C)[C@H]2O)[C@](C)(O)C[C@@H](C)C(=O)[C@H](C)[C@@H](O)[C@]1(C)O.[H-].[Na+]. The van der Waals surface area contributed by atoms with Crippen LogP contribution in [0.15, 0.2) is 0 Å². The van der Waals surface area contributed by atoms with Crippen LogP contribution in [0.1, 0.15) is 96.3 Å². The number of methoxy groups -OCH3 is 1. The second kappa shape index (κ2) is 18.8. The quantitative estimate of drug-likeness (QED) is 0.155. The van der Waals surface area contributed by atoms with Crippen molar-refractivity contribution >= 4 is 11.8 Å². The fourth-order valence-corrected chi connectivity index (χ4v) is 8.41. The standard InChI is InChI=1S/C37H67NO13.Na.H/c1-14-25-37(10,45)30(41)20(4)27(39)18(2)16-35(8,44)32(51-34-28(40)24(38(11)12)15-19(3)47-34)21(5)29(22(6)33(43)49-25)50-26-17-36(9,46-13)31(42)23(7)48-26;;/h18-26,28-32,34,40-42,44-45H,14-17H2,1-13H3;;/q;+1;-1/t18-,19-,20+,21+,22-,23+,24+,25-,26+,28-,29+,30-,31+,32-,34+,35-,36-,37-;;/m1../s1. The molecule has 0 bridgehead atoms. The van der Waals surface area contributed by atoms with Gasteiger partial charge < -0.3 is 60.3 Å². The number of aliphatic hydroxyl groups is 5. The summed E-state index contributed by atoms with van der Waals surface area (Å²) in [6.45, 7) is 16.3. The molecule has 0 aliphatic carbocycles. The van der Waals surface area contributed by atoms with Gasteiger partial charge in [0.25, 0.3) is 0 Å². The van der Waals surface area contributed by atoms with Gasteiger partial charge in [0.05, 0.1) is 47.6 Å². The second-order valence-electron chi connectivity index (χ2n) is 16.5. The molecular weight excluding hydrogens is 689 g/mol. The van der Waals surface area contributed by atoms with Crippen LogP contribution in [-0.4, -0.2) is 148 Å². The van der Waals surface area contributed by atoms with Gasteiger partial charge in [-0.1, -0.05) is 27.7 Å². The first-order valence-corrected chi connectivity index (χ1v) is 18.5. The van der Waals surface area contributed by atoms with E-state index in [2.05, 4.69) is 0 Å². The number of hydrogen-bond donors (Lipinski definition) is 5. The smallest absolute Gasteiger partial charge is 1.00 e. The number of hydrogen-bond acceptors (Lipinski definition) is 14. The number of aliphatic hydroxyl groups excluding tert-OH is 3. The van der Waals surface area contributed by atoms with Crippen molar-refractivity contribution in [3.8, 4) is 0 Å². The number of rotatable bonds is 7. The van der Waals surface area contributed by atoms with Crippen LogP contribution in [0, 0.1) is 23.7 Å². The monoisotopic (exact) mass is 757 g/mol. The number of carbonyl (C=O) groups is 2. The van der Waals surface area contributed by atoms with Crippen molar-refractivity contribution < 1.29 is 94.5 Å². The van der Waals surface area contributed by atoms with Gasteiger partial charge in [-0.15, -0.1) is 0 Å². The van der Waals surface area contributed by atoms with Gasteiger partial charge in [-0.2, -0.15) is 0 Å². The minimum atomic E-state index is -1.99.